The molecule has 0 spiro atoms. The molecule has 1 unspecified atom stereocenters. The van der Waals surface area contributed by atoms with Crippen LogP contribution in [0.25, 0.3) is 0 Å². The van der Waals surface area contributed by atoms with Gasteiger partial charge in [-0.25, -0.2) is 0 Å². The van der Waals surface area contributed by atoms with Gasteiger partial charge in [-0.15, -0.1) is 0 Å². The molecule has 1 heterocycles. The van der Waals surface area contributed by atoms with Crippen LogP contribution in [0, 0.1) is 12.8 Å². The number of carbonyl (C=O) groups excluding carboxylic acids is 2. The molecule has 1 saturated heterocycles. The molecule has 1 aliphatic heterocycles. The van der Waals surface area contributed by atoms with E-state index in [2.05, 4.69) is 37.2 Å². The molecule has 130 valence electrons. The van der Waals surface area contributed by atoms with Gasteiger partial charge in [0.25, 0.3) is 0 Å². The molecule has 1 N–H and O–H groups in total. The van der Waals surface area contributed by atoms with Gasteiger partial charge < -0.3 is 10.2 Å². The first kappa shape index (κ1) is 18.1. The third-order valence-corrected chi connectivity index (χ3v) is 5.42. The zero-order chi connectivity index (χ0) is 18.0. The van der Waals surface area contributed by atoms with Gasteiger partial charge in [-0.05, 0) is 46.6 Å². The zero-order valence-electron chi connectivity index (χ0n) is 13.8. The molecule has 0 radical (unpaired) electrons. The summed E-state index contributed by atoms with van der Waals surface area (Å²) >= 11 is 6.82. The zero-order valence-corrected chi connectivity index (χ0v) is 16.9. The Kier molecular flexibility index (Phi) is 5.59. The summed E-state index contributed by atoms with van der Waals surface area (Å²) in [6.45, 7) is 3.03. The summed E-state index contributed by atoms with van der Waals surface area (Å²) < 4.78 is 1.73. The summed E-state index contributed by atoms with van der Waals surface area (Å²) in [5, 5.41) is 2.91. The molecule has 0 bridgehead atoms. The van der Waals surface area contributed by atoms with Gasteiger partial charge >= 0.3 is 0 Å². The van der Waals surface area contributed by atoms with E-state index in [0.717, 1.165) is 14.5 Å². The standard InChI is InChI=1S/C19H18Br2N2O2/c1-12-2-4-13(5-3-12)10-23-11-14(8-18(23)24)19(25)22-17-7-6-15(20)9-16(17)21/h2-7,9,14H,8,10-11H2,1H3,(H,22,25). The first-order valence-corrected chi connectivity index (χ1v) is 9.60. The number of rotatable bonds is 4. The van der Waals surface area contributed by atoms with Gasteiger partial charge in [0.15, 0.2) is 0 Å². The van der Waals surface area contributed by atoms with Crippen LogP contribution in [0.15, 0.2) is 51.4 Å². The largest absolute Gasteiger partial charge is 0.338 e. The highest BCUT2D eigenvalue weighted by atomic mass is 79.9. The van der Waals surface area contributed by atoms with Crippen molar-refractivity contribution in [3.05, 3.63) is 62.5 Å². The highest BCUT2D eigenvalue weighted by molar-refractivity contribution is 9.11. The number of hydrogen-bond donors (Lipinski definition) is 1. The van der Waals surface area contributed by atoms with Crippen LogP contribution in [0.5, 0.6) is 0 Å². The maximum atomic E-state index is 12.5. The fraction of sp³-hybridized carbons (Fsp3) is 0.263. The van der Waals surface area contributed by atoms with Crippen LogP contribution >= 0.6 is 31.9 Å². The lowest BCUT2D eigenvalue weighted by atomic mass is 10.1. The summed E-state index contributed by atoms with van der Waals surface area (Å²) in [6.07, 6.45) is 0.256. The summed E-state index contributed by atoms with van der Waals surface area (Å²) in [5.74, 6) is -0.424. The van der Waals surface area contributed by atoms with Gasteiger partial charge in [-0.3, -0.25) is 9.59 Å². The number of aryl methyl sites for hydroxylation is 1. The second kappa shape index (κ2) is 7.70. The number of benzene rings is 2. The van der Waals surface area contributed by atoms with Gasteiger partial charge in [-0.2, -0.15) is 0 Å². The van der Waals surface area contributed by atoms with Gasteiger partial charge in [-0.1, -0.05) is 45.8 Å². The monoisotopic (exact) mass is 464 g/mol. The van der Waals surface area contributed by atoms with Crippen molar-refractivity contribution in [1.29, 1.82) is 0 Å². The number of anilines is 1. The summed E-state index contributed by atoms with van der Waals surface area (Å²) in [6, 6.07) is 13.7. The minimum atomic E-state index is -0.325. The third-order valence-electron chi connectivity index (χ3n) is 4.27. The second-order valence-electron chi connectivity index (χ2n) is 6.27. The highest BCUT2D eigenvalue weighted by Gasteiger charge is 2.34. The number of carbonyl (C=O) groups is 2. The Morgan fingerprint density at radius 3 is 2.60 bits per heavy atom. The summed E-state index contributed by atoms with van der Waals surface area (Å²) in [7, 11) is 0. The Morgan fingerprint density at radius 2 is 1.92 bits per heavy atom. The molecular weight excluding hydrogens is 448 g/mol. The number of nitrogens with one attached hydrogen (secondary N) is 1. The topological polar surface area (TPSA) is 49.4 Å². The molecule has 1 aliphatic rings. The highest BCUT2D eigenvalue weighted by Crippen LogP contribution is 2.28. The van der Waals surface area contributed by atoms with Crippen molar-refractivity contribution in [3.8, 4) is 0 Å². The Bertz CT molecular complexity index is 806. The fourth-order valence-electron chi connectivity index (χ4n) is 2.84. The number of likely N-dealkylation sites (tertiary alicyclic amines) is 1. The van der Waals surface area contributed by atoms with Crippen molar-refractivity contribution in [2.75, 3.05) is 11.9 Å². The average Bonchev–Trinajstić information content (AvgIpc) is 2.93. The predicted molar refractivity (Wildman–Crippen MR) is 105 cm³/mol. The number of nitrogens with zero attached hydrogens (tertiary/aromatic N) is 1. The van der Waals surface area contributed by atoms with E-state index in [4.69, 9.17) is 0 Å². The van der Waals surface area contributed by atoms with Crippen molar-refractivity contribution in [1.82, 2.24) is 4.90 Å². The molecule has 25 heavy (non-hydrogen) atoms. The minimum Gasteiger partial charge on any atom is -0.338 e. The molecule has 3 rings (SSSR count). The van der Waals surface area contributed by atoms with E-state index in [1.165, 1.54) is 5.56 Å². The van der Waals surface area contributed by atoms with E-state index in [1.54, 1.807) is 4.90 Å². The van der Waals surface area contributed by atoms with Crippen molar-refractivity contribution >= 4 is 49.4 Å². The van der Waals surface area contributed by atoms with E-state index in [9.17, 15) is 9.59 Å². The van der Waals surface area contributed by atoms with E-state index in [1.807, 2.05) is 49.4 Å². The lowest BCUT2D eigenvalue weighted by Crippen LogP contribution is -2.28. The number of amides is 2. The van der Waals surface area contributed by atoms with Crippen molar-refractivity contribution in [2.24, 2.45) is 5.92 Å². The number of hydrogen-bond acceptors (Lipinski definition) is 2. The van der Waals surface area contributed by atoms with Gasteiger partial charge in [0, 0.05) is 28.5 Å². The van der Waals surface area contributed by atoms with Gasteiger partial charge in [0.1, 0.15) is 0 Å². The molecule has 4 nitrogen and oxygen atoms in total. The van der Waals surface area contributed by atoms with Crippen LogP contribution in [0.2, 0.25) is 0 Å². The van der Waals surface area contributed by atoms with E-state index >= 15 is 0 Å². The molecule has 1 atom stereocenters. The maximum absolute atomic E-state index is 12.5. The Labute approximate surface area is 163 Å². The molecule has 0 aliphatic carbocycles. The Morgan fingerprint density at radius 1 is 1.20 bits per heavy atom. The molecule has 2 aromatic carbocycles. The molecule has 0 saturated carbocycles. The summed E-state index contributed by atoms with van der Waals surface area (Å²) in [4.78, 5) is 26.5. The second-order valence-corrected chi connectivity index (χ2v) is 8.04. The summed E-state index contributed by atoms with van der Waals surface area (Å²) in [5.41, 5.74) is 2.97. The lowest BCUT2D eigenvalue weighted by molar-refractivity contribution is -0.128. The third kappa shape index (κ3) is 4.50. The fourth-order valence-corrected chi connectivity index (χ4v) is 3.99. The molecule has 2 amide bonds. The van der Waals surface area contributed by atoms with Gasteiger partial charge in [0.2, 0.25) is 11.8 Å². The smallest absolute Gasteiger partial charge is 0.229 e. The van der Waals surface area contributed by atoms with Crippen molar-refractivity contribution < 1.29 is 9.59 Å². The quantitative estimate of drug-likeness (QED) is 0.722. The van der Waals surface area contributed by atoms with Crippen LogP contribution in [0.1, 0.15) is 17.5 Å². The Hall–Kier alpha value is -1.66. The molecule has 6 heteroatoms. The first-order valence-electron chi connectivity index (χ1n) is 8.01. The van der Waals surface area contributed by atoms with E-state index in [0.29, 0.717) is 18.8 Å². The predicted octanol–water partition coefficient (Wildman–Crippen LogP) is 4.51. The minimum absolute atomic E-state index is 0.0237. The van der Waals surface area contributed by atoms with Crippen molar-refractivity contribution in [2.45, 2.75) is 19.9 Å². The lowest BCUT2D eigenvalue weighted by Gasteiger charge is -2.17. The Balaban J connectivity index is 1.63. The van der Waals surface area contributed by atoms with Crippen LogP contribution in [-0.4, -0.2) is 23.3 Å². The van der Waals surface area contributed by atoms with Crippen LogP contribution < -0.4 is 5.32 Å². The van der Waals surface area contributed by atoms with E-state index < -0.39 is 0 Å². The normalized spacial score (nSPS) is 17.0. The SMILES string of the molecule is Cc1ccc(CN2CC(C(=O)Nc3ccc(Br)cc3Br)CC2=O)cc1. The van der Waals surface area contributed by atoms with Crippen LogP contribution in [0.4, 0.5) is 5.69 Å². The maximum Gasteiger partial charge on any atom is 0.229 e. The number of halogens is 2. The van der Waals surface area contributed by atoms with Crippen molar-refractivity contribution in [3.63, 3.8) is 0 Å². The molecule has 1 fully saturated rings. The molecule has 0 aromatic heterocycles. The van der Waals surface area contributed by atoms with Crippen LogP contribution in [0.3, 0.4) is 0 Å². The van der Waals surface area contributed by atoms with Crippen LogP contribution in [-0.2, 0) is 16.1 Å². The average molecular weight is 466 g/mol. The van der Waals surface area contributed by atoms with E-state index in [-0.39, 0.29) is 24.2 Å². The molecular formula is C19H18Br2N2O2. The molecule has 2 aromatic rings. The van der Waals surface area contributed by atoms with Gasteiger partial charge in [0.05, 0.1) is 11.6 Å². The first-order chi connectivity index (χ1) is 11.9.